The normalized spacial score (nSPS) is 21.1. The molecule has 0 unspecified atom stereocenters. The van der Waals surface area contributed by atoms with Crippen LogP contribution in [0.1, 0.15) is 29.8 Å². The first-order chi connectivity index (χ1) is 14.5. The number of anilines is 1. The number of carbonyl (C=O) groups excluding carboxylic acids is 2. The van der Waals surface area contributed by atoms with Gasteiger partial charge in [-0.3, -0.25) is 9.59 Å². The van der Waals surface area contributed by atoms with Crippen molar-refractivity contribution in [3.63, 3.8) is 0 Å². The first kappa shape index (κ1) is 20.4. The van der Waals surface area contributed by atoms with Gasteiger partial charge in [0.05, 0.1) is 0 Å². The summed E-state index contributed by atoms with van der Waals surface area (Å²) in [6.45, 7) is 8.67. The minimum atomic E-state index is -0.141. The van der Waals surface area contributed by atoms with Crippen molar-refractivity contribution in [2.24, 2.45) is 0 Å². The quantitative estimate of drug-likeness (QED) is 0.582. The Kier molecular flexibility index (Phi) is 6.01. The lowest BCUT2D eigenvalue weighted by Crippen LogP contribution is -3.29. The van der Waals surface area contributed by atoms with Crippen molar-refractivity contribution in [2.45, 2.75) is 26.4 Å². The lowest BCUT2D eigenvalue weighted by atomic mass is 10.1. The maximum atomic E-state index is 12.7. The number of benzene rings is 2. The van der Waals surface area contributed by atoms with Crippen molar-refractivity contribution in [3.05, 3.63) is 53.6 Å². The molecule has 2 aliphatic rings. The van der Waals surface area contributed by atoms with Crippen LogP contribution in [0, 0.1) is 0 Å². The van der Waals surface area contributed by atoms with Crippen LogP contribution in [0.2, 0.25) is 0 Å². The van der Waals surface area contributed by atoms with E-state index in [0.717, 1.165) is 44.2 Å². The van der Waals surface area contributed by atoms with Crippen LogP contribution >= 0.6 is 0 Å². The SMILES string of the molecule is CC(=O)c1cccc(NC(=O)[C@@H](C)[NH+]2CC[NH+](Cc3ccc4c(c3)OCO4)CC2)c1. The van der Waals surface area contributed by atoms with E-state index in [1.807, 2.05) is 19.1 Å². The molecule has 3 N–H and O–H groups in total. The zero-order valence-electron chi connectivity index (χ0n) is 17.5. The van der Waals surface area contributed by atoms with E-state index in [1.165, 1.54) is 22.3 Å². The summed E-state index contributed by atoms with van der Waals surface area (Å²) in [6, 6.07) is 13.1. The van der Waals surface area contributed by atoms with Crippen LogP contribution in [-0.2, 0) is 11.3 Å². The smallest absolute Gasteiger partial charge is 0.282 e. The molecule has 0 spiro atoms. The van der Waals surface area contributed by atoms with Gasteiger partial charge in [0.15, 0.2) is 23.3 Å². The monoisotopic (exact) mass is 411 g/mol. The van der Waals surface area contributed by atoms with Crippen LogP contribution in [0.3, 0.4) is 0 Å². The number of fused-ring (bicyclic) bond motifs is 1. The van der Waals surface area contributed by atoms with Crippen LogP contribution in [0.15, 0.2) is 42.5 Å². The Morgan fingerprint density at radius 3 is 2.57 bits per heavy atom. The number of quaternary nitrogens is 2. The van der Waals surface area contributed by atoms with E-state index < -0.39 is 0 Å². The molecular weight excluding hydrogens is 382 g/mol. The second kappa shape index (κ2) is 8.85. The summed E-state index contributed by atoms with van der Waals surface area (Å²) in [5.41, 5.74) is 2.52. The van der Waals surface area contributed by atoms with Gasteiger partial charge in [-0.25, -0.2) is 0 Å². The summed E-state index contributed by atoms with van der Waals surface area (Å²) in [7, 11) is 0. The van der Waals surface area contributed by atoms with Gasteiger partial charge < -0.3 is 24.6 Å². The number of rotatable bonds is 6. The van der Waals surface area contributed by atoms with Gasteiger partial charge in [-0.2, -0.15) is 0 Å². The largest absolute Gasteiger partial charge is 0.454 e. The van der Waals surface area contributed by atoms with Crippen molar-refractivity contribution in [1.82, 2.24) is 0 Å². The summed E-state index contributed by atoms with van der Waals surface area (Å²) in [5, 5.41) is 2.96. The predicted octanol–water partition coefficient (Wildman–Crippen LogP) is -0.0715. The summed E-state index contributed by atoms with van der Waals surface area (Å²) in [4.78, 5) is 27.1. The van der Waals surface area contributed by atoms with E-state index >= 15 is 0 Å². The van der Waals surface area contributed by atoms with E-state index in [0.29, 0.717) is 18.0 Å². The Morgan fingerprint density at radius 2 is 1.80 bits per heavy atom. The fourth-order valence-electron chi connectivity index (χ4n) is 4.13. The van der Waals surface area contributed by atoms with Crippen molar-refractivity contribution >= 4 is 17.4 Å². The fraction of sp³-hybridized carbons (Fsp3) is 0.391. The summed E-state index contributed by atoms with van der Waals surface area (Å²) < 4.78 is 10.9. The minimum absolute atomic E-state index is 0.00803. The van der Waals surface area contributed by atoms with E-state index in [4.69, 9.17) is 9.47 Å². The number of amides is 1. The number of ketones is 1. The highest BCUT2D eigenvalue weighted by Gasteiger charge is 2.31. The number of ether oxygens (including phenoxy) is 2. The van der Waals surface area contributed by atoms with Gasteiger partial charge in [-0.1, -0.05) is 12.1 Å². The van der Waals surface area contributed by atoms with Gasteiger partial charge in [-0.05, 0) is 44.2 Å². The zero-order valence-corrected chi connectivity index (χ0v) is 17.5. The van der Waals surface area contributed by atoms with E-state index in [9.17, 15) is 9.59 Å². The van der Waals surface area contributed by atoms with Crippen molar-refractivity contribution in [1.29, 1.82) is 0 Å². The third kappa shape index (κ3) is 4.63. The molecule has 1 amide bonds. The van der Waals surface area contributed by atoms with E-state index in [-0.39, 0.29) is 17.7 Å². The molecule has 1 saturated heterocycles. The second-order valence-corrected chi connectivity index (χ2v) is 8.12. The summed E-state index contributed by atoms with van der Waals surface area (Å²) >= 11 is 0. The second-order valence-electron chi connectivity index (χ2n) is 8.12. The Morgan fingerprint density at radius 1 is 1.03 bits per heavy atom. The molecule has 0 saturated carbocycles. The molecule has 2 aromatic rings. The number of nitrogens with one attached hydrogen (secondary N) is 3. The van der Waals surface area contributed by atoms with E-state index in [2.05, 4.69) is 17.4 Å². The van der Waals surface area contributed by atoms with Crippen molar-refractivity contribution < 1.29 is 28.9 Å². The van der Waals surface area contributed by atoms with Crippen LogP contribution in [0.4, 0.5) is 5.69 Å². The average molecular weight is 412 g/mol. The molecule has 0 bridgehead atoms. The molecular formula is C23H29N3O4+2. The molecule has 2 aromatic carbocycles. The number of hydrogen-bond acceptors (Lipinski definition) is 4. The van der Waals surface area contributed by atoms with Crippen molar-refractivity contribution in [3.8, 4) is 11.5 Å². The summed E-state index contributed by atoms with van der Waals surface area (Å²) in [6.07, 6.45) is 0. The van der Waals surface area contributed by atoms with Gasteiger partial charge in [0, 0.05) is 16.8 Å². The molecule has 158 valence electrons. The molecule has 7 heteroatoms. The maximum absolute atomic E-state index is 12.7. The maximum Gasteiger partial charge on any atom is 0.282 e. The van der Waals surface area contributed by atoms with Gasteiger partial charge in [0.1, 0.15) is 32.7 Å². The first-order valence-corrected chi connectivity index (χ1v) is 10.5. The molecule has 4 rings (SSSR count). The third-order valence-corrected chi connectivity index (χ3v) is 6.03. The number of Topliss-reactive ketones (excluding diaryl/α,β-unsaturated/α-hetero) is 1. The molecule has 0 aromatic heterocycles. The topological polar surface area (TPSA) is 73.5 Å². The molecule has 1 fully saturated rings. The number of carbonyl (C=O) groups is 2. The molecule has 2 heterocycles. The van der Waals surface area contributed by atoms with Gasteiger partial charge in [-0.15, -0.1) is 0 Å². The van der Waals surface area contributed by atoms with Crippen LogP contribution in [-0.4, -0.2) is 50.7 Å². The predicted molar refractivity (Wildman–Crippen MR) is 112 cm³/mol. The highest BCUT2D eigenvalue weighted by molar-refractivity contribution is 5.97. The van der Waals surface area contributed by atoms with Crippen LogP contribution < -0.4 is 24.6 Å². The lowest BCUT2D eigenvalue weighted by Gasteiger charge is -2.32. The zero-order chi connectivity index (χ0) is 21.1. The lowest BCUT2D eigenvalue weighted by molar-refractivity contribution is -1.02. The Hall–Kier alpha value is -2.90. The molecule has 1 atom stereocenters. The third-order valence-electron chi connectivity index (χ3n) is 6.03. The first-order valence-electron chi connectivity index (χ1n) is 10.5. The van der Waals surface area contributed by atoms with E-state index in [1.54, 1.807) is 18.2 Å². The standard InChI is InChI=1S/C23H27N3O4/c1-16(23(28)24-20-5-3-4-19(13-20)17(2)27)26-10-8-25(9-11-26)14-18-6-7-21-22(12-18)30-15-29-21/h3-7,12-13,16H,8-11,14-15H2,1-2H3,(H,24,28)/p+2/t16-/m1/s1. The minimum Gasteiger partial charge on any atom is -0.454 e. The van der Waals surface area contributed by atoms with Gasteiger partial charge in [0.25, 0.3) is 5.91 Å². The van der Waals surface area contributed by atoms with Crippen LogP contribution in [0.25, 0.3) is 0 Å². The summed E-state index contributed by atoms with van der Waals surface area (Å²) in [5.74, 6) is 1.63. The van der Waals surface area contributed by atoms with Gasteiger partial charge >= 0.3 is 0 Å². The van der Waals surface area contributed by atoms with Gasteiger partial charge in [0.2, 0.25) is 6.79 Å². The molecule has 30 heavy (non-hydrogen) atoms. The average Bonchev–Trinajstić information content (AvgIpc) is 3.22. The highest BCUT2D eigenvalue weighted by atomic mass is 16.7. The van der Waals surface area contributed by atoms with Crippen molar-refractivity contribution in [2.75, 3.05) is 38.3 Å². The Balaban J connectivity index is 1.28. The molecule has 2 aliphatic heterocycles. The number of hydrogen-bond donors (Lipinski definition) is 3. The van der Waals surface area contributed by atoms with Crippen LogP contribution in [0.5, 0.6) is 11.5 Å². The Labute approximate surface area is 176 Å². The molecule has 0 radical (unpaired) electrons. The highest BCUT2D eigenvalue weighted by Crippen LogP contribution is 2.32. The molecule has 0 aliphatic carbocycles. The fourth-order valence-corrected chi connectivity index (χ4v) is 4.13. The Bertz CT molecular complexity index is 938. The molecule has 7 nitrogen and oxygen atoms in total. The number of piperazine rings is 1.